The first-order valence-electron chi connectivity index (χ1n) is 5.58. The summed E-state index contributed by atoms with van der Waals surface area (Å²) >= 11 is 1.71. The Hall–Kier alpha value is -1.78. The molecule has 92 valence electrons. The molecule has 0 saturated heterocycles. The number of thioether (sulfide) groups is 1. The van der Waals surface area contributed by atoms with Crippen molar-refractivity contribution in [2.75, 3.05) is 6.26 Å². The number of para-hydroxylation sites is 1. The molecule has 4 heteroatoms. The molecule has 2 aromatic carbocycles. The summed E-state index contributed by atoms with van der Waals surface area (Å²) in [5, 5.41) is 0. The topological polar surface area (TPSA) is 50.4 Å². The van der Waals surface area contributed by atoms with Crippen molar-refractivity contribution in [2.24, 2.45) is 10.8 Å². The quantitative estimate of drug-likeness (QED) is 0.292. The molecule has 2 rings (SSSR count). The van der Waals surface area contributed by atoms with Gasteiger partial charge in [-0.3, -0.25) is 0 Å². The molecule has 0 amide bonds. The highest BCUT2D eigenvalue weighted by molar-refractivity contribution is 7.98. The zero-order valence-electron chi connectivity index (χ0n) is 10.1. The number of nitrogens with zero attached hydrogens (tertiary/aromatic N) is 1. The largest absolute Gasteiger partial charge is 0.308 e. The van der Waals surface area contributed by atoms with Gasteiger partial charge < -0.3 is 5.43 Å². The molecule has 0 heterocycles. The van der Waals surface area contributed by atoms with Crippen LogP contribution in [0.1, 0.15) is 5.56 Å². The van der Waals surface area contributed by atoms with Gasteiger partial charge in [0.15, 0.2) is 0 Å². The predicted molar refractivity (Wildman–Crippen MR) is 78.2 cm³/mol. The van der Waals surface area contributed by atoms with E-state index in [-0.39, 0.29) is 0 Å². The van der Waals surface area contributed by atoms with Gasteiger partial charge in [0.05, 0.1) is 5.69 Å². The summed E-state index contributed by atoms with van der Waals surface area (Å²) in [7, 11) is 0. The van der Waals surface area contributed by atoms with Crippen LogP contribution in [0.25, 0.3) is 0 Å². The van der Waals surface area contributed by atoms with Crippen molar-refractivity contribution in [1.82, 2.24) is 5.43 Å². The minimum atomic E-state index is 0.661. The van der Waals surface area contributed by atoms with Crippen molar-refractivity contribution in [3.05, 3.63) is 60.2 Å². The van der Waals surface area contributed by atoms with Crippen molar-refractivity contribution in [2.45, 2.75) is 4.90 Å². The number of aliphatic imine (C=N–C) groups is 1. The molecule has 2 aromatic rings. The molecule has 0 fully saturated rings. The van der Waals surface area contributed by atoms with Crippen LogP contribution in [0.15, 0.2) is 64.5 Å². The molecule has 0 radical (unpaired) electrons. The summed E-state index contributed by atoms with van der Waals surface area (Å²) < 4.78 is 0. The van der Waals surface area contributed by atoms with E-state index in [4.69, 9.17) is 5.84 Å². The maximum atomic E-state index is 5.54. The number of hydrogen-bond acceptors (Lipinski definition) is 3. The summed E-state index contributed by atoms with van der Waals surface area (Å²) in [5.74, 6) is 6.20. The van der Waals surface area contributed by atoms with Gasteiger partial charge in [-0.15, -0.1) is 11.8 Å². The lowest BCUT2D eigenvalue weighted by Gasteiger charge is -2.06. The molecule has 0 unspecified atom stereocenters. The lowest BCUT2D eigenvalue weighted by Crippen LogP contribution is -2.30. The maximum Gasteiger partial charge on any atom is 0.147 e. The number of benzene rings is 2. The van der Waals surface area contributed by atoms with E-state index >= 15 is 0 Å². The molecule has 0 bridgehead atoms. The van der Waals surface area contributed by atoms with E-state index in [9.17, 15) is 0 Å². The number of amidine groups is 1. The Morgan fingerprint density at radius 3 is 2.28 bits per heavy atom. The van der Waals surface area contributed by atoms with Crippen LogP contribution in [0, 0.1) is 0 Å². The Labute approximate surface area is 111 Å². The van der Waals surface area contributed by atoms with Gasteiger partial charge >= 0.3 is 0 Å². The smallest absolute Gasteiger partial charge is 0.147 e. The third kappa shape index (κ3) is 3.12. The third-order valence-corrected chi connectivity index (χ3v) is 3.24. The van der Waals surface area contributed by atoms with Crippen LogP contribution >= 0.6 is 11.8 Å². The van der Waals surface area contributed by atoms with Crippen molar-refractivity contribution in [3.8, 4) is 0 Å². The molecule has 0 aliphatic rings. The molecule has 0 atom stereocenters. The molecule has 0 spiro atoms. The first-order chi connectivity index (χ1) is 8.83. The van der Waals surface area contributed by atoms with Crippen LogP contribution in [0.5, 0.6) is 0 Å². The van der Waals surface area contributed by atoms with Crippen LogP contribution in [0.2, 0.25) is 0 Å². The average Bonchev–Trinajstić information content (AvgIpc) is 2.46. The van der Waals surface area contributed by atoms with E-state index in [1.165, 1.54) is 4.90 Å². The van der Waals surface area contributed by atoms with E-state index < -0.39 is 0 Å². The Balaban J connectivity index is 2.30. The van der Waals surface area contributed by atoms with Gasteiger partial charge in [0.1, 0.15) is 5.84 Å². The number of hydrogen-bond donors (Lipinski definition) is 2. The predicted octanol–water partition coefficient (Wildman–Crippen LogP) is 2.95. The summed E-state index contributed by atoms with van der Waals surface area (Å²) in [6, 6.07) is 17.9. The second kappa shape index (κ2) is 6.23. The fourth-order valence-electron chi connectivity index (χ4n) is 1.56. The highest BCUT2D eigenvalue weighted by Crippen LogP contribution is 2.16. The number of nitrogens with two attached hydrogens (primary N) is 1. The molecule has 0 saturated carbocycles. The molecule has 0 aromatic heterocycles. The van der Waals surface area contributed by atoms with Gasteiger partial charge in [-0.05, 0) is 30.5 Å². The first-order valence-corrected chi connectivity index (χ1v) is 6.81. The molecule has 0 aliphatic carbocycles. The van der Waals surface area contributed by atoms with Gasteiger partial charge in [-0.25, -0.2) is 10.8 Å². The van der Waals surface area contributed by atoms with Crippen molar-refractivity contribution < 1.29 is 0 Å². The first kappa shape index (κ1) is 12.7. The van der Waals surface area contributed by atoms with E-state index in [2.05, 4.69) is 28.8 Å². The highest BCUT2D eigenvalue weighted by Gasteiger charge is 2.01. The summed E-state index contributed by atoms with van der Waals surface area (Å²) in [4.78, 5) is 5.69. The number of nitrogens with one attached hydrogen (secondary N) is 1. The maximum absolute atomic E-state index is 5.54. The van der Waals surface area contributed by atoms with Crippen LogP contribution in [0.3, 0.4) is 0 Å². The van der Waals surface area contributed by atoms with Crippen molar-refractivity contribution in [1.29, 1.82) is 0 Å². The zero-order valence-corrected chi connectivity index (χ0v) is 10.9. The Morgan fingerprint density at radius 2 is 1.72 bits per heavy atom. The van der Waals surface area contributed by atoms with Crippen LogP contribution in [-0.4, -0.2) is 12.1 Å². The molecular weight excluding hydrogens is 242 g/mol. The summed E-state index contributed by atoms with van der Waals surface area (Å²) in [5.41, 5.74) is 4.49. The van der Waals surface area contributed by atoms with Crippen LogP contribution < -0.4 is 11.3 Å². The second-order valence-corrected chi connectivity index (χ2v) is 4.55. The summed E-state index contributed by atoms with van der Waals surface area (Å²) in [6.45, 7) is 0. The molecule has 18 heavy (non-hydrogen) atoms. The molecule has 0 aliphatic heterocycles. The van der Waals surface area contributed by atoms with E-state index in [1.54, 1.807) is 11.8 Å². The molecule has 3 nitrogen and oxygen atoms in total. The lowest BCUT2D eigenvalue weighted by atomic mass is 10.2. The Bertz CT molecular complexity index is 520. The van der Waals surface area contributed by atoms with Gasteiger partial charge in [0, 0.05) is 10.5 Å². The third-order valence-electron chi connectivity index (χ3n) is 2.50. The highest BCUT2D eigenvalue weighted by atomic mass is 32.2. The molecular formula is C14H15N3S. The minimum Gasteiger partial charge on any atom is -0.308 e. The molecule has 3 N–H and O–H groups in total. The van der Waals surface area contributed by atoms with E-state index in [0.29, 0.717) is 5.84 Å². The SMILES string of the molecule is CSc1ccc(C(=Nc2ccccc2)NN)cc1. The van der Waals surface area contributed by atoms with Gasteiger partial charge in [0.25, 0.3) is 0 Å². The minimum absolute atomic E-state index is 0.661. The van der Waals surface area contributed by atoms with Crippen LogP contribution in [-0.2, 0) is 0 Å². The van der Waals surface area contributed by atoms with E-state index in [1.807, 2.05) is 42.5 Å². The number of hydrazine groups is 1. The van der Waals surface area contributed by atoms with Gasteiger partial charge in [-0.1, -0.05) is 30.3 Å². The monoisotopic (exact) mass is 257 g/mol. The summed E-state index contributed by atoms with van der Waals surface area (Å²) in [6.07, 6.45) is 2.05. The Morgan fingerprint density at radius 1 is 1.06 bits per heavy atom. The normalized spacial score (nSPS) is 11.3. The standard InChI is InChI=1S/C14H15N3S/c1-18-13-9-7-11(8-10-13)14(17-15)16-12-5-3-2-4-6-12/h2-10H,15H2,1H3,(H,16,17). The second-order valence-electron chi connectivity index (χ2n) is 3.67. The van der Waals surface area contributed by atoms with Crippen LogP contribution in [0.4, 0.5) is 5.69 Å². The van der Waals surface area contributed by atoms with E-state index in [0.717, 1.165) is 11.3 Å². The Kier molecular flexibility index (Phi) is 4.39. The lowest BCUT2D eigenvalue weighted by molar-refractivity contribution is 1.02. The van der Waals surface area contributed by atoms with Gasteiger partial charge in [-0.2, -0.15) is 0 Å². The number of rotatable bonds is 3. The van der Waals surface area contributed by atoms with Crippen molar-refractivity contribution in [3.63, 3.8) is 0 Å². The fourth-order valence-corrected chi connectivity index (χ4v) is 1.97. The zero-order chi connectivity index (χ0) is 12.8. The van der Waals surface area contributed by atoms with Crippen molar-refractivity contribution >= 4 is 23.3 Å². The fraction of sp³-hybridized carbons (Fsp3) is 0.0714. The van der Waals surface area contributed by atoms with Gasteiger partial charge in [0.2, 0.25) is 0 Å². The average molecular weight is 257 g/mol.